The Morgan fingerprint density at radius 2 is 1.59 bits per heavy atom. The number of rotatable bonds is 7. The van der Waals surface area contributed by atoms with Gasteiger partial charge in [-0.15, -0.1) is 0 Å². The molecule has 3 N–H and O–H groups in total. The molecule has 2 aromatic rings. The second-order valence-corrected chi connectivity index (χ2v) is 6.30. The van der Waals surface area contributed by atoms with E-state index in [4.69, 9.17) is 10.5 Å². The van der Waals surface area contributed by atoms with Crippen LogP contribution < -0.4 is 11.1 Å². The summed E-state index contributed by atoms with van der Waals surface area (Å²) in [5.41, 5.74) is 5.58. The van der Waals surface area contributed by atoms with Crippen molar-refractivity contribution in [3.8, 4) is 0 Å². The summed E-state index contributed by atoms with van der Waals surface area (Å²) >= 11 is 0. The van der Waals surface area contributed by atoms with E-state index in [0.29, 0.717) is 5.56 Å². The Labute approximate surface area is 156 Å². The Morgan fingerprint density at radius 1 is 1.00 bits per heavy atom. The molecule has 0 spiro atoms. The van der Waals surface area contributed by atoms with Crippen LogP contribution in [0.2, 0.25) is 0 Å². The van der Waals surface area contributed by atoms with Crippen LogP contribution in [0.3, 0.4) is 0 Å². The molecule has 142 valence electrons. The smallest absolute Gasteiger partial charge is 0.330 e. The Kier molecular flexibility index (Phi) is 6.65. The molecule has 27 heavy (non-hydrogen) atoms. The number of hydrogen-bond donors (Lipinski definition) is 2. The van der Waals surface area contributed by atoms with Gasteiger partial charge in [0.25, 0.3) is 11.8 Å². The van der Waals surface area contributed by atoms with E-state index in [2.05, 4.69) is 5.32 Å². The number of nitrogens with two attached hydrogens (primary N) is 1. The van der Waals surface area contributed by atoms with Crippen LogP contribution in [0.5, 0.6) is 0 Å². The first-order valence-corrected chi connectivity index (χ1v) is 8.41. The normalized spacial score (nSPS) is 12.9. The van der Waals surface area contributed by atoms with Gasteiger partial charge in [0.1, 0.15) is 11.9 Å². The number of carbonyl (C=O) groups is 3. The predicted octanol–water partition coefficient (Wildman–Crippen LogP) is 2.35. The van der Waals surface area contributed by atoms with Gasteiger partial charge in [0.05, 0.1) is 5.56 Å². The van der Waals surface area contributed by atoms with Gasteiger partial charge < -0.3 is 15.8 Å². The van der Waals surface area contributed by atoms with Crippen LogP contribution in [-0.2, 0) is 14.3 Å². The molecule has 0 bridgehead atoms. The number of carbonyl (C=O) groups excluding carboxylic acids is 3. The van der Waals surface area contributed by atoms with Crippen molar-refractivity contribution >= 4 is 17.8 Å². The maximum atomic E-state index is 13.8. The molecule has 0 aliphatic carbocycles. The SMILES string of the molecule is CC(C)[C@H](NC(=O)c1ccccc1F)C(=O)OC(C(N)=O)c1ccccc1. The van der Waals surface area contributed by atoms with Crippen molar-refractivity contribution < 1.29 is 23.5 Å². The molecule has 0 aromatic heterocycles. The molecule has 2 atom stereocenters. The summed E-state index contributed by atoms with van der Waals surface area (Å²) in [6, 6.07) is 12.7. The first-order chi connectivity index (χ1) is 12.8. The van der Waals surface area contributed by atoms with Crippen LogP contribution in [0, 0.1) is 11.7 Å². The van der Waals surface area contributed by atoms with Gasteiger partial charge in [-0.2, -0.15) is 0 Å². The van der Waals surface area contributed by atoms with Crippen molar-refractivity contribution in [2.24, 2.45) is 11.7 Å². The minimum absolute atomic E-state index is 0.189. The van der Waals surface area contributed by atoms with E-state index in [-0.39, 0.29) is 11.5 Å². The Balaban J connectivity index is 2.18. The standard InChI is InChI=1S/C20H21FN2O4/c1-12(2)16(23-19(25)14-10-6-7-11-15(14)21)20(26)27-17(18(22)24)13-8-4-3-5-9-13/h3-12,16-17H,1-2H3,(H2,22,24)(H,23,25)/t16-,17?/m0/s1. The topological polar surface area (TPSA) is 98.5 Å². The highest BCUT2D eigenvalue weighted by atomic mass is 19.1. The molecule has 1 unspecified atom stereocenters. The molecule has 0 saturated heterocycles. The fourth-order valence-corrected chi connectivity index (χ4v) is 2.47. The van der Waals surface area contributed by atoms with E-state index in [1.165, 1.54) is 18.2 Å². The third-order valence-corrected chi connectivity index (χ3v) is 3.92. The highest BCUT2D eigenvalue weighted by Crippen LogP contribution is 2.19. The van der Waals surface area contributed by atoms with Crippen molar-refractivity contribution in [1.29, 1.82) is 0 Å². The van der Waals surface area contributed by atoms with Crippen LogP contribution in [0.15, 0.2) is 54.6 Å². The average molecular weight is 372 g/mol. The van der Waals surface area contributed by atoms with Crippen LogP contribution in [0.4, 0.5) is 4.39 Å². The summed E-state index contributed by atoms with van der Waals surface area (Å²) in [6.07, 6.45) is -1.29. The Morgan fingerprint density at radius 3 is 2.15 bits per heavy atom. The Hall–Kier alpha value is -3.22. The quantitative estimate of drug-likeness (QED) is 0.729. The minimum Gasteiger partial charge on any atom is -0.446 e. The van der Waals surface area contributed by atoms with Crippen molar-refractivity contribution in [3.05, 3.63) is 71.5 Å². The van der Waals surface area contributed by atoms with Crippen molar-refractivity contribution in [2.45, 2.75) is 26.0 Å². The highest BCUT2D eigenvalue weighted by molar-refractivity contribution is 5.97. The monoisotopic (exact) mass is 372 g/mol. The molecule has 2 amide bonds. The van der Waals surface area contributed by atoms with Crippen LogP contribution in [-0.4, -0.2) is 23.8 Å². The lowest BCUT2D eigenvalue weighted by Gasteiger charge is -2.23. The lowest BCUT2D eigenvalue weighted by atomic mass is 10.0. The summed E-state index contributed by atoms with van der Waals surface area (Å²) in [7, 11) is 0. The second kappa shape index (κ2) is 8.93. The van der Waals surface area contributed by atoms with Gasteiger partial charge in [-0.3, -0.25) is 9.59 Å². The van der Waals surface area contributed by atoms with Crippen molar-refractivity contribution in [1.82, 2.24) is 5.32 Å². The van der Waals surface area contributed by atoms with Crippen LogP contribution in [0.25, 0.3) is 0 Å². The first-order valence-electron chi connectivity index (χ1n) is 8.41. The fraction of sp³-hybridized carbons (Fsp3) is 0.250. The number of hydrogen-bond acceptors (Lipinski definition) is 4. The van der Waals surface area contributed by atoms with Crippen LogP contribution >= 0.6 is 0 Å². The number of halogens is 1. The van der Waals surface area contributed by atoms with Gasteiger partial charge >= 0.3 is 5.97 Å². The summed E-state index contributed by atoms with van der Waals surface area (Å²) in [6.45, 7) is 3.38. The number of benzene rings is 2. The molecule has 2 rings (SSSR count). The number of nitrogens with one attached hydrogen (secondary N) is 1. The summed E-state index contributed by atoms with van der Waals surface area (Å²) in [5.74, 6) is -3.48. The molecule has 0 fully saturated rings. The van der Waals surface area contributed by atoms with Crippen LogP contribution in [0.1, 0.15) is 35.9 Å². The van der Waals surface area contributed by atoms with Gasteiger partial charge in [0.15, 0.2) is 0 Å². The lowest BCUT2D eigenvalue weighted by molar-refractivity contribution is -0.158. The van der Waals surface area contributed by atoms with Gasteiger partial charge in [0, 0.05) is 5.56 Å². The molecular weight excluding hydrogens is 351 g/mol. The van der Waals surface area contributed by atoms with Gasteiger partial charge in [-0.25, -0.2) is 9.18 Å². The summed E-state index contributed by atoms with van der Waals surface area (Å²) in [5, 5.41) is 2.46. The van der Waals surface area contributed by atoms with Gasteiger partial charge in [0.2, 0.25) is 6.10 Å². The van der Waals surface area contributed by atoms with E-state index in [0.717, 1.165) is 6.07 Å². The summed E-state index contributed by atoms with van der Waals surface area (Å²) < 4.78 is 19.1. The van der Waals surface area contributed by atoms with Gasteiger partial charge in [-0.05, 0) is 18.1 Å². The third kappa shape index (κ3) is 5.13. The number of amides is 2. The molecule has 7 heteroatoms. The predicted molar refractivity (Wildman–Crippen MR) is 97.0 cm³/mol. The average Bonchev–Trinajstić information content (AvgIpc) is 2.64. The summed E-state index contributed by atoms with van der Waals surface area (Å²) in [4.78, 5) is 36.6. The molecule has 2 aromatic carbocycles. The molecule has 6 nitrogen and oxygen atoms in total. The highest BCUT2D eigenvalue weighted by Gasteiger charge is 2.31. The third-order valence-electron chi connectivity index (χ3n) is 3.92. The maximum Gasteiger partial charge on any atom is 0.330 e. The van der Waals surface area contributed by atoms with Gasteiger partial charge in [-0.1, -0.05) is 56.3 Å². The molecule has 0 heterocycles. The van der Waals surface area contributed by atoms with E-state index >= 15 is 0 Å². The van der Waals surface area contributed by atoms with Crippen molar-refractivity contribution in [2.75, 3.05) is 0 Å². The zero-order chi connectivity index (χ0) is 20.0. The van der Waals surface area contributed by atoms with E-state index < -0.39 is 35.7 Å². The number of ether oxygens (including phenoxy) is 1. The maximum absolute atomic E-state index is 13.8. The molecule has 0 aliphatic heterocycles. The van der Waals surface area contributed by atoms with Crippen molar-refractivity contribution in [3.63, 3.8) is 0 Å². The Bertz CT molecular complexity index is 824. The molecule has 0 aliphatic rings. The van der Waals surface area contributed by atoms with E-state index in [9.17, 15) is 18.8 Å². The first kappa shape index (κ1) is 20.1. The number of esters is 1. The van der Waals surface area contributed by atoms with E-state index in [1.807, 2.05) is 0 Å². The molecule has 0 saturated carbocycles. The molecular formula is C20H21FN2O4. The lowest BCUT2D eigenvalue weighted by Crippen LogP contribution is -2.46. The zero-order valence-electron chi connectivity index (χ0n) is 15.0. The second-order valence-electron chi connectivity index (χ2n) is 6.30. The van der Waals surface area contributed by atoms with E-state index in [1.54, 1.807) is 44.2 Å². The molecule has 0 radical (unpaired) electrons. The largest absolute Gasteiger partial charge is 0.446 e. The minimum atomic E-state index is -1.29. The number of primary amides is 1. The fourth-order valence-electron chi connectivity index (χ4n) is 2.47. The zero-order valence-corrected chi connectivity index (χ0v) is 15.0.